The smallest absolute Gasteiger partial charge is 0.326 e. The van der Waals surface area contributed by atoms with Crippen LogP contribution in [0, 0.1) is 0 Å². The Kier molecular flexibility index (Phi) is 5.93. The molecule has 0 unspecified atom stereocenters. The van der Waals surface area contributed by atoms with E-state index >= 15 is 0 Å². The first kappa shape index (κ1) is 16.2. The van der Waals surface area contributed by atoms with Gasteiger partial charge in [0, 0.05) is 13.0 Å². The molecule has 9 nitrogen and oxygen atoms in total. The van der Waals surface area contributed by atoms with Gasteiger partial charge in [0.1, 0.15) is 12.3 Å². The summed E-state index contributed by atoms with van der Waals surface area (Å²) < 4.78 is 4.72. The highest BCUT2D eigenvalue weighted by Gasteiger charge is 2.22. The van der Waals surface area contributed by atoms with Crippen molar-refractivity contribution >= 4 is 23.8 Å². The predicted octanol–water partition coefficient (Wildman–Crippen LogP) is -0.556. The summed E-state index contributed by atoms with van der Waals surface area (Å²) in [5.41, 5.74) is 0.296. The van der Waals surface area contributed by atoms with E-state index in [1.807, 2.05) is 0 Å². The Bertz CT molecular complexity index is 524. The minimum Gasteiger partial charge on any atom is -0.481 e. The summed E-state index contributed by atoms with van der Waals surface area (Å²) in [6.45, 7) is -0.0186. The van der Waals surface area contributed by atoms with Gasteiger partial charge in [-0.3, -0.25) is 14.4 Å². The van der Waals surface area contributed by atoms with E-state index in [1.165, 1.54) is 18.6 Å². The van der Waals surface area contributed by atoms with Crippen LogP contribution in [-0.4, -0.2) is 46.6 Å². The standard InChI is InChI=1S/C12H14N2O7/c15-9(14-8(12(19)20)5-10(16)17)1-3-13-11(18)7-2-4-21-6-7/h2,4,6,8H,1,3,5H2,(H,13,18)(H,14,15)(H,16,17)(H,19,20)/t8-/m0/s1. The summed E-state index contributed by atoms with van der Waals surface area (Å²) in [6, 6.07) is -0.0532. The lowest BCUT2D eigenvalue weighted by atomic mass is 10.2. The SMILES string of the molecule is O=C(O)C[C@H](NC(=O)CCNC(=O)c1ccoc1)C(=O)O. The molecule has 0 aromatic carbocycles. The number of carbonyl (C=O) groups is 4. The molecule has 9 heteroatoms. The largest absolute Gasteiger partial charge is 0.481 e. The Balaban J connectivity index is 2.34. The van der Waals surface area contributed by atoms with Crippen LogP contribution in [0.25, 0.3) is 0 Å². The van der Waals surface area contributed by atoms with Gasteiger partial charge in [-0.1, -0.05) is 0 Å². The molecule has 1 rings (SSSR count). The van der Waals surface area contributed by atoms with Crippen molar-refractivity contribution < 1.29 is 33.8 Å². The molecular formula is C12H14N2O7. The summed E-state index contributed by atoms with van der Waals surface area (Å²) in [4.78, 5) is 44.2. The van der Waals surface area contributed by atoms with E-state index in [9.17, 15) is 19.2 Å². The van der Waals surface area contributed by atoms with Crippen molar-refractivity contribution in [2.75, 3.05) is 6.54 Å². The molecule has 0 aliphatic rings. The van der Waals surface area contributed by atoms with E-state index in [4.69, 9.17) is 14.6 Å². The van der Waals surface area contributed by atoms with Gasteiger partial charge < -0.3 is 25.3 Å². The van der Waals surface area contributed by atoms with E-state index in [-0.39, 0.29) is 13.0 Å². The normalized spacial score (nSPS) is 11.4. The van der Waals surface area contributed by atoms with Gasteiger partial charge in [-0.25, -0.2) is 4.79 Å². The van der Waals surface area contributed by atoms with Crippen molar-refractivity contribution in [3.63, 3.8) is 0 Å². The molecule has 0 saturated carbocycles. The zero-order valence-corrected chi connectivity index (χ0v) is 10.9. The maximum Gasteiger partial charge on any atom is 0.326 e. The van der Waals surface area contributed by atoms with E-state index in [1.54, 1.807) is 0 Å². The average molecular weight is 298 g/mol. The molecule has 4 N–H and O–H groups in total. The van der Waals surface area contributed by atoms with Crippen LogP contribution in [0.15, 0.2) is 23.0 Å². The third-order valence-electron chi connectivity index (χ3n) is 2.43. The quantitative estimate of drug-likeness (QED) is 0.503. The molecule has 0 radical (unpaired) electrons. The number of carbonyl (C=O) groups excluding carboxylic acids is 2. The minimum atomic E-state index is -1.50. The number of rotatable bonds is 8. The summed E-state index contributed by atoms with van der Waals surface area (Å²) in [5, 5.41) is 21.8. The molecule has 0 aliphatic carbocycles. The van der Waals surface area contributed by atoms with E-state index < -0.39 is 36.2 Å². The summed E-state index contributed by atoms with van der Waals surface area (Å²) in [6.07, 6.45) is 1.67. The lowest BCUT2D eigenvalue weighted by Crippen LogP contribution is -2.43. The number of amides is 2. The van der Waals surface area contributed by atoms with Gasteiger partial charge in [0.25, 0.3) is 5.91 Å². The van der Waals surface area contributed by atoms with Crippen LogP contribution in [0.5, 0.6) is 0 Å². The molecule has 1 heterocycles. The van der Waals surface area contributed by atoms with Gasteiger partial charge >= 0.3 is 11.9 Å². The highest BCUT2D eigenvalue weighted by molar-refractivity contribution is 5.94. The van der Waals surface area contributed by atoms with Crippen LogP contribution in [0.1, 0.15) is 23.2 Å². The van der Waals surface area contributed by atoms with Crippen LogP contribution in [0.4, 0.5) is 0 Å². The second kappa shape index (κ2) is 7.68. The number of carboxylic acid groups (broad SMARTS) is 2. The maximum absolute atomic E-state index is 11.5. The number of furan rings is 1. The molecule has 0 aliphatic heterocycles. The van der Waals surface area contributed by atoms with Crippen molar-refractivity contribution in [1.82, 2.24) is 10.6 Å². The van der Waals surface area contributed by atoms with E-state index in [0.717, 1.165) is 0 Å². The number of hydrogen-bond acceptors (Lipinski definition) is 5. The molecule has 114 valence electrons. The van der Waals surface area contributed by atoms with Crippen LogP contribution < -0.4 is 10.6 Å². The van der Waals surface area contributed by atoms with Gasteiger partial charge in [0.2, 0.25) is 5.91 Å². The number of carboxylic acids is 2. The van der Waals surface area contributed by atoms with Crippen molar-refractivity contribution in [2.24, 2.45) is 0 Å². The van der Waals surface area contributed by atoms with Crippen molar-refractivity contribution in [1.29, 1.82) is 0 Å². The fraction of sp³-hybridized carbons (Fsp3) is 0.333. The summed E-state index contributed by atoms with van der Waals surface area (Å²) in [5.74, 6) is -3.88. The molecule has 0 spiro atoms. The fourth-order valence-corrected chi connectivity index (χ4v) is 1.43. The van der Waals surface area contributed by atoms with Crippen LogP contribution >= 0.6 is 0 Å². The molecule has 0 bridgehead atoms. The number of aliphatic carboxylic acids is 2. The lowest BCUT2D eigenvalue weighted by molar-refractivity contribution is -0.147. The molecule has 2 amide bonds. The average Bonchev–Trinajstić information content (AvgIpc) is 2.91. The van der Waals surface area contributed by atoms with Gasteiger partial charge in [-0.2, -0.15) is 0 Å². The third kappa shape index (κ3) is 5.76. The number of nitrogens with one attached hydrogen (secondary N) is 2. The lowest BCUT2D eigenvalue weighted by Gasteiger charge is -2.12. The Labute approximate surface area is 118 Å². The Morgan fingerprint density at radius 1 is 1.24 bits per heavy atom. The number of hydrogen-bond donors (Lipinski definition) is 4. The van der Waals surface area contributed by atoms with Crippen LogP contribution in [0.2, 0.25) is 0 Å². The van der Waals surface area contributed by atoms with Gasteiger partial charge in [0.15, 0.2) is 0 Å². The third-order valence-corrected chi connectivity index (χ3v) is 2.43. The molecular weight excluding hydrogens is 284 g/mol. The molecule has 1 atom stereocenters. The maximum atomic E-state index is 11.5. The molecule has 21 heavy (non-hydrogen) atoms. The second-order valence-electron chi connectivity index (χ2n) is 4.07. The highest BCUT2D eigenvalue weighted by Crippen LogP contribution is 1.99. The second-order valence-corrected chi connectivity index (χ2v) is 4.07. The summed E-state index contributed by atoms with van der Waals surface area (Å²) >= 11 is 0. The van der Waals surface area contributed by atoms with Crippen molar-refractivity contribution in [2.45, 2.75) is 18.9 Å². The minimum absolute atomic E-state index is 0.0186. The predicted molar refractivity (Wildman–Crippen MR) is 67.5 cm³/mol. The van der Waals surface area contributed by atoms with Crippen molar-refractivity contribution in [3.8, 4) is 0 Å². The van der Waals surface area contributed by atoms with Crippen LogP contribution in [-0.2, 0) is 14.4 Å². The molecule has 0 fully saturated rings. The van der Waals surface area contributed by atoms with E-state index in [2.05, 4.69) is 10.6 Å². The highest BCUT2D eigenvalue weighted by atomic mass is 16.4. The zero-order valence-electron chi connectivity index (χ0n) is 10.9. The van der Waals surface area contributed by atoms with Crippen LogP contribution in [0.3, 0.4) is 0 Å². The van der Waals surface area contributed by atoms with Gasteiger partial charge in [-0.05, 0) is 6.07 Å². The Morgan fingerprint density at radius 3 is 2.48 bits per heavy atom. The monoisotopic (exact) mass is 298 g/mol. The first-order valence-electron chi connectivity index (χ1n) is 5.94. The first-order chi connectivity index (χ1) is 9.90. The topological polar surface area (TPSA) is 146 Å². The van der Waals surface area contributed by atoms with Gasteiger partial charge in [-0.15, -0.1) is 0 Å². The molecule has 1 aromatic heterocycles. The Hall–Kier alpha value is -2.84. The first-order valence-corrected chi connectivity index (χ1v) is 5.94. The van der Waals surface area contributed by atoms with E-state index in [0.29, 0.717) is 5.56 Å². The Morgan fingerprint density at radius 2 is 1.95 bits per heavy atom. The molecule has 1 aromatic rings. The fourth-order valence-electron chi connectivity index (χ4n) is 1.43. The van der Waals surface area contributed by atoms with Gasteiger partial charge in [0.05, 0.1) is 18.2 Å². The summed E-state index contributed by atoms with van der Waals surface area (Å²) in [7, 11) is 0. The molecule has 0 saturated heterocycles. The van der Waals surface area contributed by atoms with Crippen molar-refractivity contribution in [3.05, 3.63) is 24.2 Å². The zero-order chi connectivity index (χ0) is 15.8.